The number of methoxy groups -OCH3 is 1. The van der Waals surface area contributed by atoms with E-state index in [9.17, 15) is 40.2 Å². The lowest BCUT2D eigenvalue weighted by Gasteiger charge is -2.41. The maximum atomic E-state index is 12.7. The molecule has 6 N–H and O–H groups in total. The zero-order valence-electron chi connectivity index (χ0n) is 20.6. The van der Waals surface area contributed by atoms with Crippen LogP contribution in [0.25, 0.3) is 0 Å². The molecule has 0 spiro atoms. The fraction of sp³-hybridized carbons (Fsp3) is 0.520. The number of aliphatic hydroxyl groups is 5. The summed E-state index contributed by atoms with van der Waals surface area (Å²) >= 11 is 0. The molecule has 13 heteroatoms. The van der Waals surface area contributed by atoms with E-state index in [0.717, 1.165) is 18.9 Å². The van der Waals surface area contributed by atoms with Gasteiger partial charge in [0, 0.05) is 17.9 Å². The number of benzene rings is 1. The van der Waals surface area contributed by atoms with Gasteiger partial charge in [-0.05, 0) is 17.7 Å². The van der Waals surface area contributed by atoms with Crippen LogP contribution in [0.5, 0.6) is 5.75 Å². The second-order valence-electron chi connectivity index (χ2n) is 8.65. The molecular formula is C25H32O13. The molecule has 0 radical (unpaired) electrons. The molecule has 210 valence electrons. The summed E-state index contributed by atoms with van der Waals surface area (Å²) in [5.41, 5.74) is 0.879. The van der Waals surface area contributed by atoms with Gasteiger partial charge in [0.1, 0.15) is 30.2 Å². The summed E-state index contributed by atoms with van der Waals surface area (Å²) in [6.45, 7) is -1.19. The summed E-state index contributed by atoms with van der Waals surface area (Å²) in [6, 6.07) is 6.38. The first-order valence-electron chi connectivity index (χ1n) is 11.8. The first kappa shape index (κ1) is 29.5. The second kappa shape index (κ2) is 13.7. The highest BCUT2D eigenvalue weighted by atomic mass is 16.8. The summed E-state index contributed by atoms with van der Waals surface area (Å²) in [6.07, 6.45) is -6.99. The number of rotatable bonds is 10. The summed E-state index contributed by atoms with van der Waals surface area (Å²) in [5, 5.41) is 58.8. The van der Waals surface area contributed by atoms with Crippen molar-refractivity contribution >= 4 is 11.9 Å². The van der Waals surface area contributed by atoms with Crippen LogP contribution in [0.15, 0.2) is 47.7 Å². The van der Waals surface area contributed by atoms with Gasteiger partial charge in [0.05, 0.1) is 45.2 Å². The number of aliphatic hydroxyl groups excluding tert-OH is 5. The summed E-state index contributed by atoms with van der Waals surface area (Å²) < 4.78 is 26.6. The average Bonchev–Trinajstić information content (AvgIpc) is 2.91. The Labute approximate surface area is 218 Å². The maximum Gasteiger partial charge on any atom is 0.337 e. The van der Waals surface area contributed by atoms with Gasteiger partial charge in [0.2, 0.25) is 6.29 Å². The van der Waals surface area contributed by atoms with E-state index in [1.54, 1.807) is 12.1 Å². The Hall–Kier alpha value is -3.04. The molecule has 0 saturated carbocycles. The minimum Gasteiger partial charge on any atom is -0.508 e. The predicted octanol–water partition coefficient (Wildman–Crippen LogP) is -1.37. The Morgan fingerprint density at radius 1 is 1.05 bits per heavy atom. The van der Waals surface area contributed by atoms with E-state index in [2.05, 4.69) is 0 Å². The SMILES string of the molecule is COC(=O)C1=CO[C@@H](O[C@H]2O[C@H](CO)[C@@H](O)[C@H](O)[C@H]2O)C(=CCO)[C@@H]1CC(=O)OCCc1ccc(O)cc1. The summed E-state index contributed by atoms with van der Waals surface area (Å²) in [5.74, 6) is -2.39. The van der Waals surface area contributed by atoms with Crippen LogP contribution in [-0.4, -0.2) is 107 Å². The number of aromatic hydroxyl groups is 1. The normalized spacial score (nSPS) is 30.3. The number of carbonyl (C=O) groups excluding carboxylic acids is 2. The predicted molar refractivity (Wildman–Crippen MR) is 126 cm³/mol. The lowest BCUT2D eigenvalue weighted by atomic mass is 9.86. The van der Waals surface area contributed by atoms with Crippen molar-refractivity contribution in [2.24, 2.45) is 5.92 Å². The zero-order valence-corrected chi connectivity index (χ0v) is 20.6. The molecule has 3 rings (SSSR count). The lowest BCUT2D eigenvalue weighted by molar-refractivity contribution is -0.327. The van der Waals surface area contributed by atoms with Crippen LogP contribution in [0.3, 0.4) is 0 Å². The minimum atomic E-state index is -1.74. The van der Waals surface area contributed by atoms with Crippen LogP contribution in [0.2, 0.25) is 0 Å². The Kier molecular flexibility index (Phi) is 10.6. The Bertz CT molecular complexity index is 1000. The third kappa shape index (κ3) is 7.08. The molecule has 2 aliphatic rings. The molecule has 0 aromatic heterocycles. The highest BCUT2D eigenvalue weighted by molar-refractivity contribution is 5.90. The lowest BCUT2D eigenvalue weighted by Crippen LogP contribution is -2.60. The molecule has 2 heterocycles. The van der Waals surface area contributed by atoms with Gasteiger partial charge >= 0.3 is 11.9 Å². The van der Waals surface area contributed by atoms with Crippen molar-refractivity contribution in [1.29, 1.82) is 0 Å². The highest BCUT2D eigenvalue weighted by Crippen LogP contribution is 2.36. The van der Waals surface area contributed by atoms with Crippen molar-refractivity contribution in [1.82, 2.24) is 0 Å². The Balaban J connectivity index is 1.75. The molecule has 0 bridgehead atoms. The summed E-state index contributed by atoms with van der Waals surface area (Å²) in [4.78, 5) is 25.1. The topological polar surface area (TPSA) is 202 Å². The molecule has 0 amide bonds. The van der Waals surface area contributed by atoms with E-state index in [1.807, 2.05) is 0 Å². The van der Waals surface area contributed by atoms with Crippen molar-refractivity contribution in [3.05, 3.63) is 53.3 Å². The molecule has 13 nitrogen and oxygen atoms in total. The molecule has 1 fully saturated rings. The van der Waals surface area contributed by atoms with Gasteiger partial charge in [-0.2, -0.15) is 0 Å². The monoisotopic (exact) mass is 540 g/mol. The smallest absolute Gasteiger partial charge is 0.337 e. The Morgan fingerprint density at radius 3 is 2.39 bits per heavy atom. The number of phenols is 1. The molecular weight excluding hydrogens is 508 g/mol. The summed E-state index contributed by atoms with van der Waals surface area (Å²) in [7, 11) is 1.14. The van der Waals surface area contributed by atoms with Crippen LogP contribution >= 0.6 is 0 Å². The van der Waals surface area contributed by atoms with Crippen LogP contribution < -0.4 is 0 Å². The molecule has 2 aliphatic heterocycles. The fourth-order valence-corrected chi connectivity index (χ4v) is 4.10. The maximum absolute atomic E-state index is 12.7. The number of hydrogen-bond acceptors (Lipinski definition) is 13. The number of phenolic OH excluding ortho intramolecular Hbond substituents is 1. The van der Waals surface area contributed by atoms with Crippen molar-refractivity contribution in [3.63, 3.8) is 0 Å². The van der Waals surface area contributed by atoms with E-state index in [1.165, 1.54) is 18.2 Å². The number of esters is 2. The third-order valence-electron chi connectivity index (χ3n) is 6.18. The zero-order chi connectivity index (χ0) is 27.8. The number of carbonyl (C=O) groups is 2. The molecule has 0 aliphatic carbocycles. The minimum absolute atomic E-state index is 0.0218. The quantitative estimate of drug-likeness (QED) is 0.150. The van der Waals surface area contributed by atoms with Crippen molar-refractivity contribution in [2.75, 3.05) is 26.9 Å². The Morgan fingerprint density at radius 2 is 1.76 bits per heavy atom. The van der Waals surface area contributed by atoms with E-state index in [-0.39, 0.29) is 29.9 Å². The molecule has 0 unspecified atom stereocenters. The van der Waals surface area contributed by atoms with Gasteiger partial charge in [0.15, 0.2) is 6.29 Å². The highest BCUT2D eigenvalue weighted by Gasteiger charge is 2.47. The van der Waals surface area contributed by atoms with Crippen LogP contribution in [0.4, 0.5) is 0 Å². The van der Waals surface area contributed by atoms with Crippen LogP contribution in [0.1, 0.15) is 12.0 Å². The number of ether oxygens (including phenoxy) is 5. The van der Waals surface area contributed by atoms with Crippen LogP contribution in [-0.2, 0) is 39.7 Å². The molecule has 38 heavy (non-hydrogen) atoms. The fourth-order valence-electron chi connectivity index (χ4n) is 4.10. The van der Waals surface area contributed by atoms with Gasteiger partial charge in [-0.25, -0.2) is 4.79 Å². The molecule has 1 saturated heterocycles. The van der Waals surface area contributed by atoms with E-state index in [4.69, 9.17) is 23.7 Å². The van der Waals surface area contributed by atoms with E-state index in [0.29, 0.717) is 6.42 Å². The molecule has 7 atom stereocenters. The van der Waals surface area contributed by atoms with Gasteiger partial charge in [-0.3, -0.25) is 4.79 Å². The van der Waals surface area contributed by atoms with E-state index < -0.39 is 68.1 Å². The first-order chi connectivity index (χ1) is 18.2. The number of hydrogen-bond donors (Lipinski definition) is 6. The van der Waals surface area contributed by atoms with Crippen molar-refractivity contribution in [2.45, 2.75) is 49.8 Å². The molecule has 1 aromatic rings. The second-order valence-corrected chi connectivity index (χ2v) is 8.65. The molecule has 1 aromatic carbocycles. The first-order valence-corrected chi connectivity index (χ1v) is 11.8. The van der Waals surface area contributed by atoms with Crippen LogP contribution in [0, 0.1) is 5.92 Å². The van der Waals surface area contributed by atoms with Crippen molar-refractivity contribution in [3.8, 4) is 5.75 Å². The largest absolute Gasteiger partial charge is 0.508 e. The van der Waals surface area contributed by atoms with Gasteiger partial charge < -0.3 is 54.3 Å². The van der Waals surface area contributed by atoms with E-state index >= 15 is 0 Å². The third-order valence-corrected chi connectivity index (χ3v) is 6.18. The standard InChI is InChI=1S/C25H32O13/c1-34-23(33)17-12-36-24(38-25-22(32)21(31)20(30)18(11-27)37-25)15(6-8-26)16(17)10-19(29)35-9-7-13-2-4-14(28)5-3-13/h2-6,12,16,18,20-22,24-28,30-32H,7-11H2,1H3/t16-,18+,20+,21-,22+,24-,25+/m0/s1. The van der Waals surface area contributed by atoms with Crippen molar-refractivity contribution < 1.29 is 63.9 Å². The van der Waals surface area contributed by atoms with Gasteiger partial charge in [0.25, 0.3) is 0 Å². The average molecular weight is 541 g/mol. The van der Waals surface area contributed by atoms with Gasteiger partial charge in [-0.15, -0.1) is 0 Å². The van der Waals surface area contributed by atoms with Gasteiger partial charge in [-0.1, -0.05) is 18.2 Å².